The fourth-order valence-corrected chi connectivity index (χ4v) is 4.74. The van der Waals surface area contributed by atoms with Crippen LogP contribution in [-0.2, 0) is 12.0 Å². The number of nitrogens with zero attached hydrogens (tertiary/aromatic N) is 2. The minimum Gasteiger partial charge on any atom is -0.390 e. The first kappa shape index (κ1) is 21.3. The molecule has 0 spiro atoms. The molecule has 2 aliphatic rings. The van der Waals surface area contributed by atoms with E-state index >= 15 is 0 Å². The Balaban J connectivity index is 1.53. The van der Waals surface area contributed by atoms with Crippen molar-refractivity contribution in [1.82, 2.24) is 15.5 Å². The zero-order chi connectivity index (χ0) is 22.6. The highest BCUT2D eigenvalue weighted by atomic mass is 16.5. The van der Waals surface area contributed by atoms with Gasteiger partial charge in [0.15, 0.2) is 5.82 Å². The van der Waals surface area contributed by atoms with E-state index in [1.54, 1.807) is 13.8 Å². The van der Waals surface area contributed by atoms with Gasteiger partial charge in [0, 0.05) is 30.5 Å². The van der Waals surface area contributed by atoms with Crippen molar-refractivity contribution in [3.8, 4) is 11.5 Å². The van der Waals surface area contributed by atoms with Crippen molar-refractivity contribution in [2.24, 2.45) is 5.41 Å². The lowest BCUT2D eigenvalue weighted by atomic mass is 9.62. The van der Waals surface area contributed by atoms with E-state index < -0.39 is 11.2 Å². The van der Waals surface area contributed by atoms with E-state index in [1.807, 2.05) is 24.3 Å². The number of hydrogen-bond acceptors (Lipinski definition) is 6. The second-order valence-electron chi connectivity index (χ2n) is 10.4. The number of benzene rings is 2. The molecule has 2 fully saturated rings. The summed E-state index contributed by atoms with van der Waals surface area (Å²) in [6.45, 7) is 7.01. The molecule has 6 nitrogen and oxygen atoms in total. The van der Waals surface area contributed by atoms with Crippen LogP contribution in [0.15, 0.2) is 53.1 Å². The van der Waals surface area contributed by atoms with Crippen LogP contribution in [0.1, 0.15) is 62.0 Å². The Bertz CT molecular complexity index is 1110. The molecular weight excluding hydrogens is 402 g/mol. The van der Waals surface area contributed by atoms with Crippen LogP contribution in [0.5, 0.6) is 0 Å². The fourth-order valence-electron chi connectivity index (χ4n) is 4.74. The van der Waals surface area contributed by atoms with Gasteiger partial charge in [0.05, 0.1) is 5.60 Å². The maximum absolute atomic E-state index is 12.3. The van der Waals surface area contributed by atoms with Crippen LogP contribution < -0.4 is 5.32 Å². The Morgan fingerprint density at radius 1 is 1.06 bits per heavy atom. The van der Waals surface area contributed by atoms with Gasteiger partial charge in [-0.15, -0.1) is 0 Å². The summed E-state index contributed by atoms with van der Waals surface area (Å²) in [5.74, 6) is 1.52. The molecule has 3 aromatic rings. The van der Waals surface area contributed by atoms with Crippen molar-refractivity contribution >= 4 is 0 Å². The fraction of sp³-hybridized carbons (Fsp3) is 0.462. The van der Waals surface area contributed by atoms with Gasteiger partial charge < -0.3 is 20.1 Å². The molecule has 0 unspecified atom stereocenters. The monoisotopic (exact) mass is 433 g/mol. The summed E-state index contributed by atoms with van der Waals surface area (Å²) in [5.41, 5.74) is 1.39. The quantitative estimate of drug-likeness (QED) is 0.525. The summed E-state index contributed by atoms with van der Waals surface area (Å²) >= 11 is 0. The molecule has 2 aromatic carbocycles. The molecule has 1 aliphatic carbocycles. The Kier molecular flexibility index (Phi) is 5.00. The van der Waals surface area contributed by atoms with E-state index in [0.717, 1.165) is 29.8 Å². The smallest absolute Gasteiger partial charge is 0.257 e. The van der Waals surface area contributed by atoms with E-state index in [9.17, 15) is 10.2 Å². The molecule has 1 aliphatic heterocycles. The molecule has 0 bridgehead atoms. The van der Waals surface area contributed by atoms with E-state index in [4.69, 9.17) is 4.52 Å². The van der Waals surface area contributed by atoms with Crippen molar-refractivity contribution in [2.45, 2.75) is 57.2 Å². The van der Waals surface area contributed by atoms with Gasteiger partial charge in [0.25, 0.3) is 5.89 Å². The Morgan fingerprint density at radius 3 is 2.38 bits per heavy atom. The lowest BCUT2D eigenvalue weighted by molar-refractivity contribution is -0.0767. The van der Waals surface area contributed by atoms with Crippen LogP contribution in [-0.4, -0.2) is 39.0 Å². The Labute approximate surface area is 188 Å². The zero-order valence-corrected chi connectivity index (χ0v) is 18.9. The summed E-state index contributed by atoms with van der Waals surface area (Å²) in [6.07, 6.45) is 2.82. The van der Waals surface area contributed by atoms with Crippen LogP contribution in [0, 0.1) is 5.41 Å². The van der Waals surface area contributed by atoms with Crippen LogP contribution in [0.4, 0.5) is 0 Å². The van der Waals surface area contributed by atoms with Gasteiger partial charge in [0.2, 0.25) is 0 Å². The molecule has 6 heteroatoms. The second kappa shape index (κ2) is 7.51. The Morgan fingerprint density at radius 2 is 1.78 bits per heavy atom. The summed E-state index contributed by atoms with van der Waals surface area (Å²) in [6, 6.07) is 16.2. The molecule has 5 rings (SSSR count). The summed E-state index contributed by atoms with van der Waals surface area (Å²) in [5, 5.41) is 29.7. The van der Waals surface area contributed by atoms with Crippen molar-refractivity contribution in [3.05, 3.63) is 71.0 Å². The molecule has 1 atom stereocenters. The molecule has 168 valence electrons. The van der Waals surface area contributed by atoms with Crippen molar-refractivity contribution < 1.29 is 14.7 Å². The van der Waals surface area contributed by atoms with Gasteiger partial charge >= 0.3 is 0 Å². The molecular formula is C26H31N3O3. The molecule has 32 heavy (non-hydrogen) atoms. The molecule has 1 saturated carbocycles. The normalized spacial score (nSPS) is 19.9. The van der Waals surface area contributed by atoms with Gasteiger partial charge in [-0.2, -0.15) is 4.98 Å². The maximum atomic E-state index is 12.3. The lowest BCUT2D eigenvalue weighted by Gasteiger charge is -2.52. The summed E-state index contributed by atoms with van der Waals surface area (Å²) < 4.78 is 5.48. The topological polar surface area (TPSA) is 91.4 Å². The van der Waals surface area contributed by atoms with Crippen LogP contribution >= 0.6 is 0 Å². The highest BCUT2D eigenvalue weighted by Crippen LogP contribution is 2.49. The first-order chi connectivity index (χ1) is 15.2. The lowest BCUT2D eigenvalue weighted by Crippen LogP contribution is -2.63. The number of hydrogen-bond donors (Lipinski definition) is 3. The molecule has 3 N–H and O–H groups in total. The largest absolute Gasteiger partial charge is 0.390 e. The number of aliphatic hydroxyl groups is 2. The van der Waals surface area contributed by atoms with E-state index in [0.29, 0.717) is 24.1 Å². The average Bonchev–Trinajstić information content (AvgIpc) is 3.50. The highest BCUT2D eigenvalue weighted by Gasteiger charge is 2.53. The predicted octanol–water partition coefficient (Wildman–Crippen LogP) is 3.77. The molecule has 2 heterocycles. The number of aromatic nitrogens is 2. The van der Waals surface area contributed by atoms with Gasteiger partial charge in [-0.1, -0.05) is 48.5 Å². The molecule has 0 amide bonds. The van der Waals surface area contributed by atoms with Crippen LogP contribution in [0.3, 0.4) is 0 Å². The highest BCUT2D eigenvalue weighted by molar-refractivity contribution is 5.56. The van der Waals surface area contributed by atoms with Crippen molar-refractivity contribution in [2.75, 3.05) is 13.1 Å². The third-order valence-electron chi connectivity index (χ3n) is 6.87. The van der Waals surface area contributed by atoms with Gasteiger partial charge in [-0.25, -0.2) is 0 Å². The number of rotatable bonds is 7. The third-order valence-corrected chi connectivity index (χ3v) is 6.87. The Hall–Kier alpha value is -2.54. The third kappa shape index (κ3) is 3.76. The van der Waals surface area contributed by atoms with Gasteiger partial charge in [0.1, 0.15) is 5.60 Å². The molecule has 0 radical (unpaired) electrons. The molecule has 1 aromatic heterocycles. The minimum absolute atomic E-state index is 0.303. The number of nitrogens with one attached hydrogen (secondary N) is 1. The standard InChI is InChI=1S/C26H31N3O3/c1-24(2,30)14-22-28-23(32-29-22)19-5-4-6-21(13-19)26(31,25(3)15-27-16-25)20-11-9-18(10-12-20)17-7-8-17/h4-6,9-13,17,27,30-31H,7-8,14-16H2,1-3H3/t26-/m0/s1. The summed E-state index contributed by atoms with van der Waals surface area (Å²) in [7, 11) is 0. The van der Waals surface area contributed by atoms with Gasteiger partial charge in [-0.3, -0.25) is 0 Å². The zero-order valence-electron chi connectivity index (χ0n) is 18.9. The minimum atomic E-state index is -1.16. The summed E-state index contributed by atoms with van der Waals surface area (Å²) in [4.78, 5) is 4.46. The van der Waals surface area contributed by atoms with E-state index in [-0.39, 0.29) is 5.41 Å². The van der Waals surface area contributed by atoms with Crippen molar-refractivity contribution in [1.29, 1.82) is 0 Å². The predicted molar refractivity (Wildman–Crippen MR) is 122 cm³/mol. The van der Waals surface area contributed by atoms with Crippen LogP contribution in [0.2, 0.25) is 0 Å². The van der Waals surface area contributed by atoms with Gasteiger partial charge in [-0.05, 0) is 61.4 Å². The van der Waals surface area contributed by atoms with E-state index in [1.165, 1.54) is 18.4 Å². The average molecular weight is 434 g/mol. The molecule has 1 saturated heterocycles. The SMILES string of the molecule is CC(C)(O)Cc1noc(-c2cccc([C@@](O)(c3ccc(C4CC4)cc3)C3(C)CNC3)c2)n1. The second-order valence-corrected chi connectivity index (χ2v) is 10.4. The van der Waals surface area contributed by atoms with E-state index in [2.05, 4.69) is 46.6 Å². The van der Waals surface area contributed by atoms with Crippen molar-refractivity contribution in [3.63, 3.8) is 0 Å². The van der Waals surface area contributed by atoms with Crippen LogP contribution in [0.25, 0.3) is 11.5 Å². The maximum Gasteiger partial charge on any atom is 0.257 e. The first-order valence-electron chi connectivity index (χ1n) is 11.4. The first-order valence-corrected chi connectivity index (χ1v) is 11.4.